The molecule has 2 atom stereocenters. The highest BCUT2D eigenvalue weighted by Gasteiger charge is 2.46. The molecule has 1 saturated carbocycles. The van der Waals surface area contributed by atoms with E-state index in [2.05, 4.69) is 50.8 Å². The van der Waals surface area contributed by atoms with Crippen molar-refractivity contribution in [3.8, 4) is 0 Å². The molecule has 0 amide bonds. The van der Waals surface area contributed by atoms with Crippen molar-refractivity contribution in [2.45, 2.75) is 50.1 Å². The van der Waals surface area contributed by atoms with Gasteiger partial charge in [-0.05, 0) is 74.6 Å². The van der Waals surface area contributed by atoms with Gasteiger partial charge >= 0.3 is 0 Å². The zero-order valence-corrected chi connectivity index (χ0v) is 16.0. The Bertz CT molecular complexity index is 554. The van der Waals surface area contributed by atoms with E-state index in [9.17, 15) is 0 Å². The third-order valence-electron chi connectivity index (χ3n) is 6.53. The summed E-state index contributed by atoms with van der Waals surface area (Å²) in [6, 6.07) is 9.31. The van der Waals surface area contributed by atoms with E-state index in [1.54, 1.807) is 0 Å². The van der Waals surface area contributed by atoms with Crippen LogP contribution in [0.15, 0.2) is 28.7 Å². The predicted molar refractivity (Wildman–Crippen MR) is 101 cm³/mol. The summed E-state index contributed by atoms with van der Waals surface area (Å²) in [5, 5.41) is 7.79. The Balaban J connectivity index is 1.47. The highest BCUT2D eigenvalue weighted by molar-refractivity contribution is 9.10. The smallest absolute Gasteiger partial charge is 0.0469 e. The molecular formula is C20H29BrN2O. The van der Waals surface area contributed by atoms with E-state index < -0.39 is 0 Å². The van der Waals surface area contributed by atoms with Crippen LogP contribution in [0, 0.1) is 11.8 Å². The molecule has 1 aromatic carbocycles. The second kappa shape index (κ2) is 7.45. The molecule has 2 heterocycles. The average molecular weight is 393 g/mol. The van der Waals surface area contributed by atoms with Gasteiger partial charge in [0.2, 0.25) is 0 Å². The molecule has 1 aromatic rings. The zero-order valence-electron chi connectivity index (χ0n) is 14.4. The molecule has 4 rings (SSSR count). The van der Waals surface area contributed by atoms with E-state index in [1.807, 2.05) is 0 Å². The first kappa shape index (κ1) is 17.0. The van der Waals surface area contributed by atoms with Gasteiger partial charge in [0.15, 0.2) is 0 Å². The fourth-order valence-electron chi connectivity index (χ4n) is 4.93. The molecule has 4 heteroatoms. The maximum absolute atomic E-state index is 5.60. The Labute approximate surface area is 154 Å². The summed E-state index contributed by atoms with van der Waals surface area (Å²) < 4.78 is 6.78. The van der Waals surface area contributed by atoms with Crippen molar-refractivity contribution in [3.05, 3.63) is 34.3 Å². The Kier molecular flexibility index (Phi) is 5.28. The second-order valence-electron chi connectivity index (χ2n) is 7.81. The molecule has 2 aliphatic heterocycles. The number of halogens is 1. The molecule has 0 aromatic heterocycles. The summed E-state index contributed by atoms with van der Waals surface area (Å²) in [7, 11) is 0. The van der Waals surface area contributed by atoms with Gasteiger partial charge in [-0.2, -0.15) is 0 Å². The van der Waals surface area contributed by atoms with Gasteiger partial charge in [0.05, 0.1) is 0 Å². The van der Waals surface area contributed by atoms with E-state index in [0.717, 1.165) is 38.5 Å². The molecule has 132 valence electrons. The number of rotatable bonds is 5. The first-order chi connectivity index (χ1) is 11.8. The van der Waals surface area contributed by atoms with Crippen LogP contribution in [-0.2, 0) is 4.74 Å². The summed E-state index contributed by atoms with van der Waals surface area (Å²) in [6.07, 6.45) is 7.80. The number of ether oxygens (including phenoxy) is 1. The largest absolute Gasteiger partial charge is 0.381 e. The van der Waals surface area contributed by atoms with Crippen LogP contribution in [0.2, 0.25) is 0 Å². The Hall–Kier alpha value is -0.420. The fourth-order valence-corrected chi connectivity index (χ4v) is 5.35. The van der Waals surface area contributed by atoms with E-state index in [0.29, 0.717) is 17.5 Å². The standard InChI is InChI=1S/C20H29BrN2O/c21-18-4-1-3-16(13-18)19(15-6-11-24-12-7-15)22-14-17-5-10-23-20(17)8-2-9-20/h1,3-4,13,15,17,19,22-23H,2,5-12,14H2. The number of hydrogen-bond acceptors (Lipinski definition) is 3. The van der Waals surface area contributed by atoms with E-state index in [1.165, 1.54) is 42.3 Å². The minimum Gasteiger partial charge on any atom is -0.381 e. The van der Waals surface area contributed by atoms with Crippen molar-refractivity contribution in [3.63, 3.8) is 0 Å². The molecule has 1 aliphatic carbocycles. The Morgan fingerprint density at radius 3 is 2.79 bits per heavy atom. The normalized spacial score (nSPS) is 28.0. The maximum atomic E-state index is 5.60. The van der Waals surface area contributed by atoms with Crippen molar-refractivity contribution in [2.24, 2.45) is 11.8 Å². The van der Waals surface area contributed by atoms with Crippen LogP contribution in [0.1, 0.15) is 50.1 Å². The fraction of sp³-hybridized carbons (Fsp3) is 0.700. The van der Waals surface area contributed by atoms with Crippen LogP contribution in [0.25, 0.3) is 0 Å². The lowest BCUT2D eigenvalue weighted by molar-refractivity contribution is 0.0513. The molecule has 2 N–H and O–H groups in total. The van der Waals surface area contributed by atoms with Gasteiger partial charge < -0.3 is 15.4 Å². The van der Waals surface area contributed by atoms with Gasteiger partial charge in [-0.1, -0.05) is 28.1 Å². The Morgan fingerprint density at radius 2 is 2.08 bits per heavy atom. The third kappa shape index (κ3) is 3.44. The quantitative estimate of drug-likeness (QED) is 0.792. The van der Waals surface area contributed by atoms with Gasteiger partial charge in [0.1, 0.15) is 0 Å². The van der Waals surface area contributed by atoms with Crippen LogP contribution < -0.4 is 10.6 Å². The average Bonchev–Trinajstić information content (AvgIpc) is 3.00. The highest BCUT2D eigenvalue weighted by Crippen LogP contribution is 2.43. The minimum absolute atomic E-state index is 0.448. The Morgan fingerprint density at radius 1 is 1.25 bits per heavy atom. The topological polar surface area (TPSA) is 33.3 Å². The molecule has 3 fully saturated rings. The van der Waals surface area contributed by atoms with Crippen molar-refractivity contribution < 1.29 is 4.74 Å². The van der Waals surface area contributed by atoms with Crippen molar-refractivity contribution >= 4 is 15.9 Å². The van der Waals surface area contributed by atoms with Crippen molar-refractivity contribution in [1.82, 2.24) is 10.6 Å². The lowest BCUT2D eigenvalue weighted by Crippen LogP contribution is -2.53. The molecular weight excluding hydrogens is 364 g/mol. The monoisotopic (exact) mass is 392 g/mol. The summed E-state index contributed by atoms with van der Waals surface area (Å²) in [5.74, 6) is 1.47. The summed E-state index contributed by atoms with van der Waals surface area (Å²) >= 11 is 3.65. The second-order valence-corrected chi connectivity index (χ2v) is 8.73. The lowest BCUT2D eigenvalue weighted by atomic mass is 9.69. The summed E-state index contributed by atoms with van der Waals surface area (Å²) in [4.78, 5) is 0. The van der Waals surface area contributed by atoms with Crippen LogP contribution in [-0.4, -0.2) is 31.8 Å². The van der Waals surface area contributed by atoms with Crippen molar-refractivity contribution in [2.75, 3.05) is 26.3 Å². The van der Waals surface area contributed by atoms with Gasteiger partial charge in [0, 0.05) is 35.8 Å². The molecule has 3 nitrogen and oxygen atoms in total. The van der Waals surface area contributed by atoms with Crippen LogP contribution >= 0.6 is 15.9 Å². The molecule has 0 bridgehead atoms. The van der Waals surface area contributed by atoms with Crippen LogP contribution in [0.4, 0.5) is 0 Å². The molecule has 1 spiro atoms. The number of hydrogen-bond donors (Lipinski definition) is 2. The summed E-state index contributed by atoms with van der Waals surface area (Å²) in [5.41, 5.74) is 1.88. The lowest BCUT2D eigenvalue weighted by Gasteiger charge is -2.44. The maximum Gasteiger partial charge on any atom is 0.0469 e. The van der Waals surface area contributed by atoms with Crippen molar-refractivity contribution in [1.29, 1.82) is 0 Å². The van der Waals surface area contributed by atoms with E-state index in [-0.39, 0.29) is 0 Å². The number of benzene rings is 1. The van der Waals surface area contributed by atoms with E-state index in [4.69, 9.17) is 4.74 Å². The molecule has 2 unspecified atom stereocenters. The third-order valence-corrected chi connectivity index (χ3v) is 7.02. The van der Waals surface area contributed by atoms with Gasteiger partial charge in [-0.3, -0.25) is 0 Å². The minimum atomic E-state index is 0.448. The first-order valence-corrected chi connectivity index (χ1v) is 10.4. The first-order valence-electron chi connectivity index (χ1n) is 9.58. The molecule has 24 heavy (non-hydrogen) atoms. The van der Waals surface area contributed by atoms with E-state index >= 15 is 0 Å². The van der Waals surface area contributed by atoms with Crippen LogP contribution in [0.5, 0.6) is 0 Å². The van der Waals surface area contributed by atoms with Crippen LogP contribution in [0.3, 0.4) is 0 Å². The van der Waals surface area contributed by atoms with Gasteiger partial charge in [-0.15, -0.1) is 0 Å². The molecule has 0 radical (unpaired) electrons. The predicted octanol–water partition coefficient (Wildman–Crippen LogP) is 4.04. The molecule has 3 aliphatic rings. The summed E-state index contributed by atoms with van der Waals surface area (Å²) in [6.45, 7) is 4.16. The SMILES string of the molecule is Brc1cccc(C(NCC2CCNC23CCC3)C2CCOCC2)c1. The zero-order chi connectivity index (χ0) is 16.4. The highest BCUT2D eigenvalue weighted by atomic mass is 79.9. The number of nitrogens with one attached hydrogen (secondary N) is 2. The van der Waals surface area contributed by atoms with Gasteiger partial charge in [0.25, 0.3) is 0 Å². The molecule has 2 saturated heterocycles. The van der Waals surface area contributed by atoms with Gasteiger partial charge in [-0.25, -0.2) is 0 Å².